The molecule has 4 nitrogen and oxygen atoms in total. The number of H-pyrrole nitrogens is 1. The minimum Gasteiger partial charge on any atom is -0.305 e. The Kier molecular flexibility index (Phi) is 3.28. The van der Waals surface area contributed by atoms with Gasteiger partial charge in [-0.15, -0.1) is 0 Å². The maximum absolute atomic E-state index is 12.4. The van der Waals surface area contributed by atoms with Crippen LogP contribution in [0.25, 0.3) is 0 Å². The molecule has 0 unspecified atom stereocenters. The van der Waals surface area contributed by atoms with Crippen molar-refractivity contribution in [3.8, 4) is 0 Å². The van der Waals surface area contributed by atoms with Crippen LogP contribution in [0.1, 0.15) is 21.6 Å². The quantitative estimate of drug-likeness (QED) is 0.880. The van der Waals surface area contributed by atoms with E-state index >= 15 is 0 Å². The van der Waals surface area contributed by atoms with Crippen molar-refractivity contribution >= 4 is 11.7 Å². The van der Waals surface area contributed by atoms with Crippen LogP contribution in [0.3, 0.4) is 0 Å². The number of halogens is 3. The normalized spacial score (nSPS) is 11.4. The molecule has 0 aliphatic rings. The Morgan fingerprint density at radius 3 is 2.37 bits per heavy atom. The molecule has 2 rings (SSSR count). The average molecular weight is 269 g/mol. The third-order valence-corrected chi connectivity index (χ3v) is 2.42. The SMILES string of the molecule is Cc1cc(NC(=O)c2ccc(C(F)(F)F)cc2)n[nH]1. The van der Waals surface area contributed by atoms with Crippen LogP contribution in [0.2, 0.25) is 0 Å². The van der Waals surface area contributed by atoms with Crippen LogP contribution in [0, 0.1) is 6.92 Å². The van der Waals surface area contributed by atoms with E-state index in [1.165, 1.54) is 0 Å². The van der Waals surface area contributed by atoms with Crippen molar-refractivity contribution < 1.29 is 18.0 Å². The van der Waals surface area contributed by atoms with Gasteiger partial charge in [-0.1, -0.05) is 0 Å². The summed E-state index contributed by atoms with van der Waals surface area (Å²) in [5.74, 6) is -0.192. The first kappa shape index (κ1) is 13.1. The molecule has 0 saturated carbocycles. The molecular formula is C12H10F3N3O. The van der Waals surface area contributed by atoms with Gasteiger partial charge in [0.15, 0.2) is 5.82 Å². The fourth-order valence-corrected chi connectivity index (χ4v) is 1.48. The molecular weight excluding hydrogens is 259 g/mol. The Balaban J connectivity index is 2.12. The Morgan fingerprint density at radius 1 is 1.26 bits per heavy atom. The lowest BCUT2D eigenvalue weighted by atomic mass is 10.1. The molecule has 0 aliphatic heterocycles. The maximum atomic E-state index is 12.4. The van der Waals surface area contributed by atoms with E-state index in [0.717, 1.165) is 30.0 Å². The first-order valence-corrected chi connectivity index (χ1v) is 5.37. The van der Waals surface area contributed by atoms with Gasteiger partial charge in [-0.3, -0.25) is 9.89 Å². The summed E-state index contributed by atoms with van der Waals surface area (Å²) >= 11 is 0. The first-order valence-electron chi connectivity index (χ1n) is 5.37. The second-order valence-electron chi connectivity index (χ2n) is 3.97. The van der Waals surface area contributed by atoms with Gasteiger partial charge < -0.3 is 5.32 Å². The Labute approximate surface area is 106 Å². The molecule has 0 fully saturated rings. The van der Waals surface area contributed by atoms with Gasteiger partial charge in [0.1, 0.15) is 0 Å². The number of aryl methyl sites for hydroxylation is 1. The molecule has 0 atom stereocenters. The highest BCUT2D eigenvalue weighted by atomic mass is 19.4. The number of carbonyl (C=O) groups excluding carboxylic acids is 1. The summed E-state index contributed by atoms with van der Waals surface area (Å²) in [6, 6.07) is 5.59. The van der Waals surface area contributed by atoms with E-state index in [1.807, 2.05) is 0 Å². The zero-order valence-corrected chi connectivity index (χ0v) is 9.88. The van der Waals surface area contributed by atoms with E-state index in [0.29, 0.717) is 5.82 Å². The highest BCUT2D eigenvalue weighted by molar-refractivity contribution is 6.03. The molecule has 2 aromatic rings. The number of anilines is 1. The number of amides is 1. The van der Waals surface area contributed by atoms with Crippen molar-refractivity contribution in [1.29, 1.82) is 0 Å². The van der Waals surface area contributed by atoms with Gasteiger partial charge in [-0.2, -0.15) is 18.3 Å². The lowest BCUT2D eigenvalue weighted by Gasteiger charge is -2.07. The average Bonchev–Trinajstić information content (AvgIpc) is 2.74. The van der Waals surface area contributed by atoms with Crippen LogP contribution in [0.15, 0.2) is 30.3 Å². The molecule has 0 aliphatic carbocycles. The van der Waals surface area contributed by atoms with E-state index in [9.17, 15) is 18.0 Å². The molecule has 100 valence electrons. The molecule has 19 heavy (non-hydrogen) atoms. The van der Waals surface area contributed by atoms with Gasteiger partial charge in [-0.05, 0) is 31.2 Å². The Morgan fingerprint density at radius 2 is 1.89 bits per heavy atom. The second kappa shape index (κ2) is 4.75. The number of hydrogen-bond donors (Lipinski definition) is 2. The maximum Gasteiger partial charge on any atom is 0.416 e. The van der Waals surface area contributed by atoms with Crippen LogP contribution in [0.4, 0.5) is 19.0 Å². The van der Waals surface area contributed by atoms with Crippen LogP contribution in [-0.4, -0.2) is 16.1 Å². The van der Waals surface area contributed by atoms with Crippen molar-refractivity contribution in [1.82, 2.24) is 10.2 Å². The summed E-state index contributed by atoms with van der Waals surface area (Å²) in [5, 5.41) is 8.92. The van der Waals surface area contributed by atoms with Crippen LogP contribution in [-0.2, 0) is 6.18 Å². The van der Waals surface area contributed by atoms with Gasteiger partial charge in [0.25, 0.3) is 5.91 Å². The number of nitrogens with zero attached hydrogens (tertiary/aromatic N) is 1. The second-order valence-corrected chi connectivity index (χ2v) is 3.97. The van der Waals surface area contributed by atoms with Crippen molar-refractivity contribution in [2.45, 2.75) is 13.1 Å². The largest absolute Gasteiger partial charge is 0.416 e. The van der Waals surface area contributed by atoms with E-state index in [2.05, 4.69) is 15.5 Å². The lowest BCUT2D eigenvalue weighted by molar-refractivity contribution is -0.137. The van der Waals surface area contributed by atoms with Gasteiger partial charge in [-0.25, -0.2) is 0 Å². The van der Waals surface area contributed by atoms with E-state index < -0.39 is 17.6 Å². The zero-order chi connectivity index (χ0) is 14.0. The molecule has 0 radical (unpaired) electrons. The number of nitrogens with one attached hydrogen (secondary N) is 2. The summed E-state index contributed by atoms with van der Waals surface area (Å²) in [6.07, 6.45) is -4.41. The fraction of sp³-hybridized carbons (Fsp3) is 0.167. The molecule has 1 aromatic carbocycles. The highest BCUT2D eigenvalue weighted by Crippen LogP contribution is 2.29. The number of hydrogen-bond acceptors (Lipinski definition) is 2. The van der Waals surface area contributed by atoms with Gasteiger partial charge in [0.05, 0.1) is 5.56 Å². The summed E-state index contributed by atoms with van der Waals surface area (Å²) in [6.45, 7) is 1.76. The third-order valence-electron chi connectivity index (χ3n) is 2.42. The third kappa shape index (κ3) is 3.12. The van der Waals surface area contributed by atoms with Crippen molar-refractivity contribution in [3.05, 3.63) is 47.2 Å². The van der Waals surface area contributed by atoms with Crippen LogP contribution < -0.4 is 5.32 Å². The summed E-state index contributed by atoms with van der Waals surface area (Å²) in [7, 11) is 0. The first-order chi connectivity index (χ1) is 8.86. The predicted molar refractivity (Wildman–Crippen MR) is 62.7 cm³/mol. The minimum absolute atomic E-state index is 0.133. The smallest absolute Gasteiger partial charge is 0.305 e. The van der Waals surface area contributed by atoms with E-state index in [1.54, 1.807) is 13.0 Å². The number of aromatic amines is 1. The van der Waals surface area contributed by atoms with Crippen LogP contribution in [0.5, 0.6) is 0 Å². The van der Waals surface area contributed by atoms with Crippen molar-refractivity contribution in [2.75, 3.05) is 5.32 Å². The molecule has 0 spiro atoms. The molecule has 0 saturated heterocycles. The zero-order valence-electron chi connectivity index (χ0n) is 9.88. The van der Waals surface area contributed by atoms with E-state index in [-0.39, 0.29) is 5.56 Å². The number of carbonyl (C=O) groups is 1. The summed E-state index contributed by atoms with van der Waals surface area (Å²) in [5.41, 5.74) is 0.107. The standard InChI is InChI=1S/C12H10F3N3O/c1-7-6-10(18-17-7)16-11(19)8-2-4-9(5-3-8)12(13,14)15/h2-6H,1H3,(H2,16,17,18,19). The molecule has 2 N–H and O–H groups in total. The predicted octanol–water partition coefficient (Wildman–Crippen LogP) is 2.99. The number of alkyl halides is 3. The summed E-state index contributed by atoms with van der Waals surface area (Å²) < 4.78 is 37.1. The molecule has 7 heteroatoms. The van der Waals surface area contributed by atoms with Crippen LogP contribution >= 0.6 is 0 Å². The Bertz CT molecular complexity index is 587. The van der Waals surface area contributed by atoms with E-state index in [4.69, 9.17) is 0 Å². The fourth-order valence-electron chi connectivity index (χ4n) is 1.48. The number of benzene rings is 1. The van der Waals surface area contributed by atoms with Gasteiger partial charge in [0, 0.05) is 17.3 Å². The van der Waals surface area contributed by atoms with Crippen molar-refractivity contribution in [3.63, 3.8) is 0 Å². The number of aromatic nitrogens is 2. The monoisotopic (exact) mass is 269 g/mol. The minimum atomic E-state index is -4.41. The Hall–Kier alpha value is -2.31. The van der Waals surface area contributed by atoms with Gasteiger partial charge >= 0.3 is 6.18 Å². The topological polar surface area (TPSA) is 57.8 Å². The lowest BCUT2D eigenvalue weighted by Crippen LogP contribution is -2.13. The molecule has 1 aromatic heterocycles. The summed E-state index contributed by atoms with van der Waals surface area (Å²) in [4.78, 5) is 11.7. The molecule has 1 amide bonds. The van der Waals surface area contributed by atoms with Crippen molar-refractivity contribution in [2.24, 2.45) is 0 Å². The highest BCUT2D eigenvalue weighted by Gasteiger charge is 2.30. The van der Waals surface area contributed by atoms with Gasteiger partial charge in [0.2, 0.25) is 0 Å². The molecule has 1 heterocycles. The number of rotatable bonds is 2. The molecule has 0 bridgehead atoms.